The van der Waals surface area contributed by atoms with Crippen molar-refractivity contribution in [2.45, 2.75) is 48.1 Å². The van der Waals surface area contributed by atoms with Crippen molar-refractivity contribution in [1.29, 1.82) is 0 Å². The predicted octanol–water partition coefficient (Wildman–Crippen LogP) is 4.33. The van der Waals surface area contributed by atoms with E-state index in [-0.39, 0.29) is 11.6 Å². The van der Waals surface area contributed by atoms with Gasteiger partial charge in [-0.1, -0.05) is 47.5 Å². The lowest BCUT2D eigenvalue weighted by Gasteiger charge is -2.22. The molecule has 0 unspecified atom stereocenters. The van der Waals surface area contributed by atoms with Crippen LogP contribution in [0.1, 0.15) is 32.1 Å². The number of benzene rings is 1. The van der Waals surface area contributed by atoms with E-state index in [1.807, 2.05) is 12.1 Å². The van der Waals surface area contributed by atoms with Crippen molar-refractivity contribution in [2.75, 3.05) is 18.0 Å². The molecule has 1 aromatic heterocycles. The molecule has 1 fully saturated rings. The molecule has 1 aliphatic rings. The number of rotatable bonds is 3. The van der Waals surface area contributed by atoms with Crippen LogP contribution in [0, 0.1) is 0 Å². The number of aromatic nitrogens is 2. The normalized spacial score (nSPS) is 18.9. The Morgan fingerprint density at radius 2 is 1.96 bits per heavy atom. The number of hydrogen-bond donors (Lipinski definition) is 2. The minimum Gasteiger partial charge on any atom is -0.352 e. The van der Waals surface area contributed by atoms with Crippen molar-refractivity contribution in [2.24, 2.45) is 5.73 Å². The average molecular weight is 413 g/mol. The van der Waals surface area contributed by atoms with Crippen molar-refractivity contribution in [1.82, 2.24) is 9.97 Å². The zero-order valence-corrected chi connectivity index (χ0v) is 16.7. The van der Waals surface area contributed by atoms with Gasteiger partial charge in [-0.2, -0.15) is 0 Å². The molecular weight excluding hydrogens is 391 g/mol. The summed E-state index contributed by atoms with van der Waals surface area (Å²) in [7, 11) is 0. The third-order valence-electron chi connectivity index (χ3n) is 4.44. The van der Waals surface area contributed by atoms with E-state index in [1.165, 1.54) is 11.8 Å². The van der Waals surface area contributed by atoms with Gasteiger partial charge < -0.3 is 15.6 Å². The first-order valence-electron chi connectivity index (χ1n) is 8.76. The van der Waals surface area contributed by atoms with Crippen LogP contribution in [0.2, 0.25) is 10.0 Å². The van der Waals surface area contributed by atoms with Crippen molar-refractivity contribution in [3.8, 4) is 0 Å². The lowest BCUT2D eigenvalue weighted by molar-refractivity contribution is 0.542. The molecule has 0 aliphatic carbocycles. The molecule has 1 saturated heterocycles. The fourth-order valence-electron chi connectivity index (χ4n) is 3.06. The Morgan fingerprint density at radius 3 is 2.77 bits per heavy atom. The first-order valence-corrected chi connectivity index (χ1v) is 10.3. The summed E-state index contributed by atoms with van der Waals surface area (Å²) in [6.45, 7) is 1.63. The Hall–Kier alpha value is -1.21. The fraction of sp³-hybridized carbons (Fsp3) is 0.444. The van der Waals surface area contributed by atoms with Gasteiger partial charge in [-0.15, -0.1) is 0 Å². The third kappa shape index (κ3) is 4.94. The van der Waals surface area contributed by atoms with Crippen molar-refractivity contribution in [3.05, 3.63) is 44.8 Å². The molecule has 0 spiro atoms. The summed E-state index contributed by atoms with van der Waals surface area (Å²) in [5.74, 6) is 0.474. The summed E-state index contributed by atoms with van der Waals surface area (Å²) in [5.41, 5.74) is 5.90. The summed E-state index contributed by atoms with van der Waals surface area (Å²) in [6.07, 6.45) is 6.78. The van der Waals surface area contributed by atoms with Gasteiger partial charge in [-0.05, 0) is 37.8 Å². The van der Waals surface area contributed by atoms with Gasteiger partial charge in [-0.3, -0.25) is 4.79 Å². The second kappa shape index (κ2) is 9.13. The molecule has 26 heavy (non-hydrogen) atoms. The van der Waals surface area contributed by atoms with E-state index in [1.54, 1.807) is 12.3 Å². The number of nitrogens with two attached hydrogens (primary N) is 1. The molecule has 0 saturated carbocycles. The Labute approximate surface area is 167 Å². The number of nitrogens with zero attached hydrogens (tertiary/aromatic N) is 2. The molecule has 2 heterocycles. The maximum Gasteiger partial charge on any atom is 0.291 e. The molecule has 8 heteroatoms. The van der Waals surface area contributed by atoms with Crippen LogP contribution >= 0.6 is 35.0 Å². The molecule has 5 nitrogen and oxygen atoms in total. The zero-order valence-electron chi connectivity index (χ0n) is 14.4. The van der Waals surface area contributed by atoms with Crippen LogP contribution < -0.4 is 16.2 Å². The first kappa shape index (κ1) is 19.5. The molecule has 0 bridgehead atoms. The summed E-state index contributed by atoms with van der Waals surface area (Å²) in [6, 6.07) is 5.68. The minimum atomic E-state index is -0.184. The molecule has 1 aliphatic heterocycles. The highest BCUT2D eigenvalue weighted by atomic mass is 35.5. The number of H-pyrrole nitrogens is 1. The predicted molar refractivity (Wildman–Crippen MR) is 109 cm³/mol. The number of aromatic amines is 1. The van der Waals surface area contributed by atoms with Crippen LogP contribution in [0.5, 0.6) is 0 Å². The molecule has 3 rings (SSSR count). The summed E-state index contributed by atoms with van der Waals surface area (Å²) in [4.78, 5) is 22.8. The van der Waals surface area contributed by atoms with Gasteiger partial charge in [0.2, 0.25) is 0 Å². The lowest BCUT2D eigenvalue weighted by Crippen LogP contribution is -2.32. The largest absolute Gasteiger partial charge is 0.352 e. The highest BCUT2D eigenvalue weighted by Crippen LogP contribution is 2.35. The molecule has 2 aromatic rings. The van der Waals surface area contributed by atoms with Gasteiger partial charge in [0.15, 0.2) is 5.82 Å². The van der Waals surface area contributed by atoms with Crippen LogP contribution in [-0.2, 0) is 0 Å². The van der Waals surface area contributed by atoms with E-state index in [0.29, 0.717) is 20.9 Å². The summed E-state index contributed by atoms with van der Waals surface area (Å²) in [5, 5.41) is 1.59. The van der Waals surface area contributed by atoms with Gasteiger partial charge in [0, 0.05) is 24.0 Å². The van der Waals surface area contributed by atoms with Crippen LogP contribution in [-0.4, -0.2) is 29.1 Å². The lowest BCUT2D eigenvalue weighted by atomic mass is 10.1. The molecule has 140 valence electrons. The smallest absolute Gasteiger partial charge is 0.291 e. The Kier molecular flexibility index (Phi) is 6.86. The Morgan fingerprint density at radius 1 is 1.19 bits per heavy atom. The molecule has 0 amide bonds. The van der Waals surface area contributed by atoms with Gasteiger partial charge >= 0.3 is 0 Å². The molecule has 3 N–H and O–H groups in total. The van der Waals surface area contributed by atoms with Gasteiger partial charge in [0.05, 0.1) is 21.3 Å². The maximum absolute atomic E-state index is 12.6. The molecule has 0 radical (unpaired) electrons. The zero-order chi connectivity index (χ0) is 18.5. The van der Waals surface area contributed by atoms with Crippen molar-refractivity contribution >= 4 is 40.8 Å². The highest BCUT2D eigenvalue weighted by molar-refractivity contribution is 7.99. The topological polar surface area (TPSA) is 75.0 Å². The SMILES string of the molecule is N[C@@H]1CCCCN(c2ncc(Sc3cccc(Cl)c3Cl)[nH]c2=O)CCC1. The molecule has 1 aromatic carbocycles. The van der Waals surface area contributed by atoms with E-state index in [4.69, 9.17) is 28.9 Å². The van der Waals surface area contributed by atoms with Gasteiger partial charge in [0.25, 0.3) is 5.56 Å². The first-order chi connectivity index (χ1) is 12.5. The van der Waals surface area contributed by atoms with Crippen LogP contribution in [0.3, 0.4) is 0 Å². The van der Waals surface area contributed by atoms with E-state index >= 15 is 0 Å². The van der Waals surface area contributed by atoms with E-state index in [0.717, 1.165) is 50.1 Å². The minimum absolute atomic E-state index is 0.184. The molecular formula is C18H22Cl2N4OS. The Balaban J connectivity index is 1.76. The quantitative estimate of drug-likeness (QED) is 0.784. The number of halogens is 2. The average Bonchev–Trinajstić information content (AvgIpc) is 2.71. The fourth-order valence-corrected chi connectivity index (χ4v) is 4.36. The number of anilines is 1. The van der Waals surface area contributed by atoms with E-state index < -0.39 is 0 Å². The standard InChI is InChI=1S/C18H22Cl2N4OS/c19-13-7-3-8-14(16(13)20)26-15-11-22-17(18(25)23-15)24-9-2-1-5-12(21)6-4-10-24/h3,7-8,11-12H,1-2,4-6,9-10,21H2,(H,23,25)/t12-/m1/s1. The Bertz CT molecular complexity index is 814. The van der Waals surface area contributed by atoms with Crippen molar-refractivity contribution in [3.63, 3.8) is 0 Å². The second-order valence-corrected chi connectivity index (χ2v) is 8.31. The van der Waals surface area contributed by atoms with Crippen LogP contribution in [0.25, 0.3) is 0 Å². The summed E-state index contributed by atoms with van der Waals surface area (Å²) >= 11 is 13.6. The monoisotopic (exact) mass is 412 g/mol. The number of hydrogen-bond acceptors (Lipinski definition) is 5. The van der Waals surface area contributed by atoms with Crippen LogP contribution in [0.4, 0.5) is 5.82 Å². The van der Waals surface area contributed by atoms with E-state index in [2.05, 4.69) is 14.9 Å². The highest BCUT2D eigenvalue weighted by Gasteiger charge is 2.16. The third-order valence-corrected chi connectivity index (χ3v) is 6.35. The number of nitrogens with one attached hydrogen (secondary N) is 1. The van der Waals surface area contributed by atoms with Crippen LogP contribution in [0.15, 0.2) is 39.1 Å². The van der Waals surface area contributed by atoms with Gasteiger partial charge in [0.1, 0.15) is 0 Å². The second-order valence-electron chi connectivity index (χ2n) is 6.44. The van der Waals surface area contributed by atoms with Crippen molar-refractivity contribution < 1.29 is 0 Å². The van der Waals surface area contributed by atoms with E-state index in [9.17, 15) is 4.79 Å². The van der Waals surface area contributed by atoms with Gasteiger partial charge in [-0.25, -0.2) is 4.98 Å². The molecule has 1 atom stereocenters. The summed E-state index contributed by atoms with van der Waals surface area (Å²) < 4.78 is 0. The maximum atomic E-state index is 12.6.